The fraction of sp³-hybridized carbons (Fsp3) is 0.483. The molecule has 15 heteroatoms. The third-order valence-electron chi connectivity index (χ3n) is 6.76. The van der Waals surface area contributed by atoms with Crippen LogP contribution in [0.5, 0.6) is 5.75 Å². The van der Waals surface area contributed by atoms with Gasteiger partial charge in [-0.05, 0) is 49.8 Å². The third-order valence-corrected chi connectivity index (χ3v) is 6.76. The molecule has 240 valence electrons. The summed E-state index contributed by atoms with van der Waals surface area (Å²) in [7, 11) is 1.31. The quantitative estimate of drug-likeness (QED) is 0.102. The van der Waals surface area contributed by atoms with Crippen LogP contribution in [0.15, 0.2) is 30.4 Å². The van der Waals surface area contributed by atoms with E-state index in [9.17, 15) is 38.7 Å². The number of aromatic carboxylic acids is 1. The highest BCUT2D eigenvalue weighted by molar-refractivity contribution is 6.12. The minimum atomic E-state index is -1.18. The number of urea groups is 1. The van der Waals surface area contributed by atoms with Crippen molar-refractivity contribution in [1.29, 1.82) is 0 Å². The molecule has 0 spiro atoms. The van der Waals surface area contributed by atoms with E-state index in [4.69, 9.17) is 10.5 Å². The van der Waals surface area contributed by atoms with Crippen LogP contribution >= 0.6 is 0 Å². The van der Waals surface area contributed by atoms with Gasteiger partial charge in [0.25, 0.3) is 11.8 Å². The molecule has 0 bridgehead atoms. The van der Waals surface area contributed by atoms with Crippen molar-refractivity contribution in [3.05, 3.63) is 35.9 Å². The summed E-state index contributed by atoms with van der Waals surface area (Å²) in [5.74, 6) is -3.72. The number of amides is 7. The van der Waals surface area contributed by atoms with Gasteiger partial charge in [-0.3, -0.25) is 28.9 Å². The molecular formula is C29H40N6O9. The Balaban J connectivity index is 2.01. The average molecular weight is 617 g/mol. The number of carboxylic acids is 1. The predicted molar refractivity (Wildman–Crippen MR) is 158 cm³/mol. The first kappa shape index (κ1) is 35.2. The molecule has 0 saturated carbocycles. The predicted octanol–water partition coefficient (Wildman–Crippen LogP) is 0.891. The van der Waals surface area contributed by atoms with Crippen molar-refractivity contribution < 1.29 is 43.4 Å². The second kappa shape index (κ2) is 17.2. The molecule has 0 fully saturated rings. The minimum Gasteiger partial charge on any atom is -0.495 e. The molecular weight excluding hydrogens is 576 g/mol. The lowest BCUT2D eigenvalue weighted by molar-refractivity contribution is -0.137. The topological polar surface area (TPSA) is 226 Å². The van der Waals surface area contributed by atoms with Crippen molar-refractivity contribution in [1.82, 2.24) is 20.9 Å². The van der Waals surface area contributed by atoms with Crippen LogP contribution in [0.2, 0.25) is 0 Å². The van der Waals surface area contributed by atoms with Gasteiger partial charge in [0, 0.05) is 31.7 Å². The first-order chi connectivity index (χ1) is 20.8. The van der Waals surface area contributed by atoms with Gasteiger partial charge in [-0.2, -0.15) is 0 Å². The lowest BCUT2D eigenvalue weighted by Gasteiger charge is -2.25. The van der Waals surface area contributed by atoms with Crippen molar-refractivity contribution in [3.8, 4) is 5.75 Å². The van der Waals surface area contributed by atoms with E-state index in [-0.39, 0.29) is 73.0 Å². The van der Waals surface area contributed by atoms with E-state index >= 15 is 0 Å². The maximum atomic E-state index is 13.3. The maximum Gasteiger partial charge on any atom is 0.335 e. The molecule has 1 aromatic rings. The summed E-state index contributed by atoms with van der Waals surface area (Å²) >= 11 is 0. The number of benzene rings is 1. The highest BCUT2D eigenvalue weighted by Gasteiger charge is 2.29. The molecule has 7 amide bonds. The number of carbonyl (C=O) groups is 7. The van der Waals surface area contributed by atoms with Crippen LogP contribution in [-0.4, -0.2) is 83.8 Å². The third kappa shape index (κ3) is 11.0. The molecule has 2 rings (SSSR count). The number of hydrogen-bond acceptors (Lipinski definition) is 8. The Morgan fingerprint density at radius 3 is 2.23 bits per heavy atom. The van der Waals surface area contributed by atoms with Crippen LogP contribution in [0.1, 0.15) is 62.7 Å². The standard InChI is InChI=1S/C29H40N6O9/c1-17(2)25(34-22(36)9-5-4-6-15-35-23(37)12-13-24(35)38)27(40)33-20(8-7-14-31-29(30)43)26(39)32-19-11-10-18(28(41)42)16-21(19)44-3/h10-13,16-17,20,25H,4-9,14-15H2,1-3H3,(H,32,39)(H,33,40)(H,34,36)(H,41,42)(H3,30,31,43)/t20-,25?/m0/s1. The molecule has 0 saturated heterocycles. The van der Waals surface area contributed by atoms with E-state index < -0.39 is 35.9 Å². The molecule has 1 heterocycles. The van der Waals surface area contributed by atoms with Crippen molar-refractivity contribution >= 4 is 47.2 Å². The summed E-state index contributed by atoms with van der Waals surface area (Å²) in [6, 6.07) is 1.10. The van der Waals surface area contributed by atoms with Crippen molar-refractivity contribution in [3.63, 3.8) is 0 Å². The Bertz CT molecular complexity index is 1260. The summed E-state index contributed by atoms with van der Waals surface area (Å²) in [5, 5.41) is 19.7. The highest BCUT2D eigenvalue weighted by Crippen LogP contribution is 2.26. The zero-order chi connectivity index (χ0) is 32.8. The Labute approximate surface area is 254 Å². The first-order valence-corrected chi connectivity index (χ1v) is 14.2. The zero-order valence-corrected chi connectivity index (χ0v) is 25.0. The summed E-state index contributed by atoms with van der Waals surface area (Å²) in [6.45, 7) is 3.89. The summed E-state index contributed by atoms with van der Waals surface area (Å²) in [5.41, 5.74) is 5.23. The molecule has 1 aliphatic rings. The van der Waals surface area contributed by atoms with Gasteiger partial charge in [0.2, 0.25) is 17.7 Å². The smallest absolute Gasteiger partial charge is 0.335 e. The van der Waals surface area contributed by atoms with Crippen LogP contribution in [0.3, 0.4) is 0 Å². The monoisotopic (exact) mass is 616 g/mol. The van der Waals surface area contributed by atoms with Gasteiger partial charge in [0.15, 0.2) is 0 Å². The number of anilines is 1. The summed E-state index contributed by atoms with van der Waals surface area (Å²) < 4.78 is 5.21. The van der Waals surface area contributed by atoms with Gasteiger partial charge in [-0.15, -0.1) is 0 Å². The minimum absolute atomic E-state index is 0.0492. The lowest BCUT2D eigenvalue weighted by Crippen LogP contribution is -2.54. The number of primary amides is 1. The largest absolute Gasteiger partial charge is 0.495 e. The molecule has 44 heavy (non-hydrogen) atoms. The fourth-order valence-electron chi connectivity index (χ4n) is 4.36. The number of carbonyl (C=O) groups excluding carboxylic acids is 6. The van der Waals surface area contributed by atoms with E-state index in [1.165, 1.54) is 37.5 Å². The highest BCUT2D eigenvalue weighted by atomic mass is 16.5. The van der Waals surface area contributed by atoms with Crippen molar-refractivity contribution in [2.24, 2.45) is 11.7 Å². The fourth-order valence-corrected chi connectivity index (χ4v) is 4.36. The van der Waals surface area contributed by atoms with Crippen LogP contribution in [0.25, 0.3) is 0 Å². The Hall–Kier alpha value is -4.95. The van der Waals surface area contributed by atoms with Gasteiger partial charge in [-0.25, -0.2) is 9.59 Å². The number of carboxylic acid groups (broad SMARTS) is 1. The molecule has 1 unspecified atom stereocenters. The average Bonchev–Trinajstić information content (AvgIpc) is 3.29. The van der Waals surface area contributed by atoms with Crippen LogP contribution < -0.4 is 31.7 Å². The van der Waals surface area contributed by atoms with E-state index in [1.807, 2.05) is 0 Å². The van der Waals surface area contributed by atoms with Crippen molar-refractivity contribution in [2.45, 2.75) is 64.5 Å². The van der Waals surface area contributed by atoms with Gasteiger partial charge in [0.05, 0.1) is 18.4 Å². The lowest BCUT2D eigenvalue weighted by atomic mass is 10.0. The van der Waals surface area contributed by atoms with E-state index in [1.54, 1.807) is 13.8 Å². The Kier molecular flexibility index (Phi) is 13.8. The molecule has 1 aromatic carbocycles. The van der Waals surface area contributed by atoms with Crippen LogP contribution in [-0.2, 0) is 24.0 Å². The van der Waals surface area contributed by atoms with Gasteiger partial charge in [-0.1, -0.05) is 20.3 Å². The number of nitrogens with zero attached hydrogens (tertiary/aromatic N) is 1. The van der Waals surface area contributed by atoms with E-state index in [2.05, 4.69) is 21.3 Å². The Morgan fingerprint density at radius 1 is 0.955 bits per heavy atom. The number of nitrogens with two attached hydrogens (primary N) is 1. The number of rotatable bonds is 18. The second-order valence-electron chi connectivity index (χ2n) is 10.5. The maximum absolute atomic E-state index is 13.3. The number of nitrogens with one attached hydrogen (secondary N) is 4. The molecule has 0 radical (unpaired) electrons. The second-order valence-corrected chi connectivity index (χ2v) is 10.5. The van der Waals surface area contributed by atoms with Gasteiger partial charge >= 0.3 is 12.0 Å². The molecule has 7 N–H and O–H groups in total. The van der Waals surface area contributed by atoms with Crippen molar-refractivity contribution in [2.75, 3.05) is 25.5 Å². The van der Waals surface area contributed by atoms with Crippen LogP contribution in [0, 0.1) is 5.92 Å². The van der Waals surface area contributed by atoms with Gasteiger partial charge < -0.3 is 36.8 Å². The summed E-state index contributed by atoms with van der Waals surface area (Å²) in [4.78, 5) is 85.9. The number of hydrogen-bond donors (Lipinski definition) is 6. The Morgan fingerprint density at radius 2 is 1.64 bits per heavy atom. The SMILES string of the molecule is COc1cc(C(=O)O)ccc1NC(=O)[C@H](CCCNC(N)=O)NC(=O)C(NC(=O)CCCCCN1C(=O)C=CC1=O)C(C)C. The molecule has 1 aliphatic heterocycles. The molecule has 0 aromatic heterocycles. The summed E-state index contributed by atoms with van der Waals surface area (Å²) in [6.07, 6.45) is 4.52. The molecule has 15 nitrogen and oxygen atoms in total. The molecule has 0 aliphatic carbocycles. The number of unbranched alkanes of at least 4 members (excludes halogenated alkanes) is 2. The van der Waals surface area contributed by atoms with E-state index in [0.29, 0.717) is 19.3 Å². The number of ether oxygens (including phenoxy) is 1. The van der Waals surface area contributed by atoms with Gasteiger partial charge in [0.1, 0.15) is 17.8 Å². The number of methoxy groups -OCH3 is 1. The number of imide groups is 1. The van der Waals surface area contributed by atoms with Crippen LogP contribution in [0.4, 0.5) is 10.5 Å². The first-order valence-electron chi connectivity index (χ1n) is 14.2. The molecule has 2 atom stereocenters. The van der Waals surface area contributed by atoms with E-state index in [0.717, 1.165) is 4.90 Å². The zero-order valence-electron chi connectivity index (χ0n) is 25.0. The normalized spacial score (nSPS) is 13.8.